The Balaban J connectivity index is 2.18. The van der Waals surface area contributed by atoms with Gasteiger partial charge in [-0.1, -0.05) is 48.0 Å². The molecule has 0 radical (unpaired) electrons. The summed E-state index contributed by atoms with van der Waals surface area (Å²) in [4.78, 5) is 0. The highest BCUT2D eigenvalue weighted by Gasteiger charge is 2.13. The molecular weight excluding hydrogens is 369 g/mol. The van der Waals surface area contributed by atoms with Crippen molar-refractivity contribution >= 4 is 39.0 Å². The van der Waals surface area contributed by atoms with Gasteiger partial charge >= 0.3 is 0 Å². The summed E-state index contributed by atoms with van der Waals surface area (Å²) in [6, 6.07) is 21.7. The highest BCUT2D eigenvalue weighted by atomic mass is 127. The van der Waals surface area contributed by atoms with Crippen LogP contribution in [0.5, 0.6) is 0 Å². The van der Waals surface area contributed by atoms with Gasteiger partial charge in [-0.25, -0.2) is 0 Å². The summed E-state index contributed by atoms with van der Waals surface area (Å²) in [6.45, 7) is 2.13. The van der Waals surface area contributed by atoms with Crippen LogP contribution >= 0.6 is 22.6 Å². The van der Waals surface area contributed by atoms with Gasteiger partial charge in [0.1, 0.15) is 0 Å². The highest BCUT2D eigenvalue weighted by Crippen LogP contribution is 2.35. The van der Waals surface area contributed by atoms with Gasteiger partial charge in [0.15, 0.2) is 0 Å². The summed E-state index contributed by atoms with van der Waals surface area (Å²) < 4.78 is 3.60. The quantitative estimate of drug-likeness (QED) is 0.373. The molecule has 0 aliphatic carbocycles. The fourth-order valence-electron chi connectivity index (χ4n) is 2.91. The predicted molar refractivity (Wildman–Crippen MR) is 97.8 cm³/mol. The molecule has 21 heavy (non-hydrogen) atoms. The molecule has 0 fully saturated rings. The molecule has 0 aliphatic rings. The second kappa shape index (κ2) is 4.88. The van der Waals surface area contributed by atoms with Crippen LogP contribution < -0.4 is 0 Å². The van der Waals surface area contributed by atoms with Crippen molar-refractivity contribution in [2.75, 3.05) is 0 Å². The molecule has 0 unspecified atom stereocenters. The number of pyridine rings is 1. The van der Waals surface area contributed by atoms with E-state index in [1.165, 1.54) is 36.7 Å². The van der Waals surface area contributed by atoms with Gasteiger partial charge in [0, 0.05) is 20.7 Å². The number of para-hydroxylation sites is 1. The van der Waals surface area contributed by atoms with Crippen molar-refractivity contribution in [2.45, 2.75) is 6.92 Å². The van der Waals surface area contributed by atoms with E-state index in [2.05, 4.69) is 101 Å². The van der Waals surface area contributed by atoms with E-state index >= 15 is 0 Å². The lowest BCUT2D eigenvalue weighted by Crippen LogP contribution is -1.94. The summed E-state index contributed by atoms with van der Waals surface area (Å²) in [5.74, 6) is 0. The molecule has 1 nitrogen and oxygen atoms in total. The Hall–Kier alpha value is -1.81. The molecule has 0 spiro atoms. The van der Waals surface area contributed by atoms with E-state index < -0.39 is 0 Å². The Morgan fingerprint density at radius 1 is 0.810 bits per heavy atom. The van der Waals surface area contributed by atoms with Crippen molar-refractivity contribution in [2.24, 2.45) is 0 Å². The summed E-state index contributed by atoms with van der Waals surface area (Å²) in [6.07, 6.45) is 2.14. The van der Waals surface area contributed by atoms with E-state index in [0.717, 1.165) is 0 Å². The number of fused-ring (bicyclic) bond motifs is 3. The van der Waals surface area contributed by atoms with Crippen molar-refractivity contribution in [1.82, 2.24) is 4.40 Å². The zero-order valence-corrected chi connectivity index (χ0v) is 13.8. The van der Waals surface area contributed by atoms with Crippen LogP contribution in [0.3, 0.4) is 0 Å². The molecule has 0 bridgehead atoms. The molecule has 0 saturated heterocycles. The molecule has 2 heterocycles. The number of benzene rings is 2. The zero-order chi connectivity index (χ0) is 14.4. The van der Waals surface area contributed by atoms with Gasteiger partial charge in [-0.15, -0.1) is 0 Å². The summed E-state index contributed by atoms with van der Waals surface area (Å²) in [7, 11) is 0. The van der Waals surface area contributed by atoms with Crippen LogP contribution in [-0.2, 0) is 0 Å². The average molecular weight is 383 g/mol. The van der Waals surface area contributed by atoms with E-state index in [4.69, 9.17) is 0 Å². The van der Waals surface area contributed by atoms with E-state index in [0.29, 0.717) is 0 Å². The third-order valence-corrected chi connectivity index (χ3v) is 5.09. The SMILES string of the molecule is Cc1ccc(-c2c(I)c3ccccc3n3cccc23)cc1. The molecule has 0 N–H and O–H groups in total. The van der Waals surface area contributed by atoms with Crippen molar-refractivity contribution in [3.63, 3.8) is 0 Å². The Kier molecular flexibility index (Phi) is 3.00. The van der Waals surface area contributed by atoms with Crippen LogP contribution in [0.1, 0.15) is 5.56 Å². The van der Waals surface area contributed by atoms with E-state index in [-0.39, 0.29) is 0 Å². The third kappa shape index (κ3) is 1.97. The Morgan fingerprint density at radius 3 is 2.33 bits per heavy atom. The fourth-order valence-corrected chi connectivity index (χ4v) is 3.95. The second-order valence-electron chi connectivity index (χ2n) is 5.34. The van der Waals surface area contributed by atoms with Crippen molar-refractivity contribution in [3.8, 4) is 11.1 Å². The lowest BCUT2D eigenvalue weighted by molar-refractivity contribution is 1.27. The number of nitrogens with zero attached hydrogens (tertiary/aromatic N) is 1. The van der Waals surface area contributed by atoms with Crippen molar-refractivity contribution in [3.05, 3.63) is 76.0 Å². The Bertz CT molecular complexity index is 949. The molecule has 0 amide bonds. The minimum atomic E-state index is 1.26. The van der Waals surface area contributed by atoms with Crippen molar-refractivity contribution in [1.29, 1.82) is 0 Å². The Labute approximate surface area is 137 Å². The highest BCUT2D eigenvalue weighted by molar-refractivity contribution is 14.1. The lowest BCUT2D eigenvalue weighted by Gasteiger charge is -2.13. The van der Waals surface area contributed by atoms with Gasteiger partial charge in [0.05, 0.1) is 11.0 Å². The van der Waals surface area contributed by atoms with E-state index in [9.17, 15) is 0 Å². The molecule has 0 atom stereocenters. The van der Waals surface area contributed by atoms with E-state index in [1.807, 2.05) is 0 Å². The first-order chi connectivity index (χ1) is 10.3. The number of aryl methyl sites for hydroxylation is 1. The van der Waals surface area contributed by atoms with Gasteiger partial charge in [0.2, 0.25) is 0 Å². The maximum absolute atomic E-state index is 2.48. The number of rotatable bonds is 1. The molecule has 4 aromatic rings. The Morgan fingerprint density at radius 2 is 1.52 bits per heavy atom. The summed E-state index contributed by atoms with van der Waals surface area (Å²) in [5, 5.41) is 1.30. The maximum Gasteiger partial charge on any atom is 0.0545 e. The van der Waals surface area contributed by atoms with Crippen LogP contribution in [0.15, 0.2) is 66.9 Å². The number of hydrogen-bond donors (Lipinski definition) is 0. The normalized spacial score (nSPS) is 11.3. The van der Waals surface area contributed by atoms with Crippen LogP contribution in [0.25, 0.3) is 27.5 Å². The number of aromatic nitrogens is 1. The summed E-state index contributed by atoms with van der Waals surface area (Å²) >= 11 is 2.48. The number of hydrogen-bond acceptors (Lipinski definition) is 0. The first-order valence-corrected chi connectivity index (χ1v) is 8.08. The van der Waals surface area contributed by atoms with Crippen LogP contribution in [0.2, 0.25) is 0 Å². The maximum atomic E-state index is 2.48. The zero-order valence-electron chi connectivity index (χ0n) is 11.7. The van der Waals surface area contributed by atoms with Gasteiger partial charge in [-0.3, -0.25) is 0 Å². The molecule has 0 saturated carbocycles. The van der Waals surface area contributed by atoms with Crippen LogP contribution in [-0.4, -0.2) is 4.40 Å². The lowest BCUT2D eigenvalue weighted by atomic mass is 10.0. The minimum absolute atomic E-state index is 1.26. The molecular formula is C19H14IN. The molecule has 2 aromatic heterocycles. The fraction of sp³-hybridized carbons (Fsp3) is 0.0526. The smallest absolute Gasteiger partial charge is 0.0545 e. The van der Waals surface area contributed by atoms with Crippen LogP contribution in [0, 0.1) is 10.5 Å². The number of halogens is 1. The average Bonchev–Trinajstić information content (AvgIpc) is 2.99. The molecule has 102 valence electrons. The molecule has 0 aliphatic heterocycles. The molecule has 2 aromatic carbocycles. The monoisotopic (exact) mass is 383 g/mol. The van der Waals surface area contributed by atoms with Gasteiger partial charge < -0.3 is 4.40 Å². The molecule has 4 rings (SSSR count). The standard InChI is InChI=1S/C19H14IN/c1-13-8-10-14(11-9-13)18-17-7-4-12-21(17)16-6-3-2-5-15(16)19(18)20/h2-12H,1H3. The second-order valence-corrected chi connectivity index (χ2v) is 6.41. The third-order valence-electron chi connectivity index (χ3n) is 3.96. The minimum Gasteiger partial charge on any atom is -0.316 e. The predicted octanol–water partition coefficient (Wildman–Crippen LogP) is 5.67. The molecule has 2 heteroatoms. The van der Waals surface area contributed by atoms with Crippen molar-refractivity contribution < 1.29 is 0 Å². The summed E-state index contributed by atoms with van der Waals surface area (Å²) in [5.41, 5.74) is 6.42. The van der Waals surface area contributed by atoms with Gasteiger partial charge in [0.25, 0.3) is 0 Å². The van der Waals surface area contributed by atoms with E-state index in [1.54, 1.807) is 0 Å². The van der Waals surface area contributed by atoms with Gasteiger partial charge in [-0.2, -0.15) is 0 Å². The topological polar surface area (TPSA) is 4.41 Å². The largest absolute Gasteiger partial charge is 0.316 e. The first-order valence-electron chi connectivity index (χ1n) is 7.00. The van der Waals surface area contributed by atoms with Gasteiger partial charge in [-0.05, 0) is 53.3 Å². The van der Waals surface area contributed by atoms with Crippen LogP contribution in [0.4, 0.5) is 0 Å². The first kappa shape index (κ1) is 12.9.